The predicted molar refractivity (Wildman–Crippen MR) is 108 cm³/mol. The number of amides is 1. The molecule has 2 aromatic rings. The number of anilines is 1. The van der Waals surface area contributed by atoms with Crippen molar-refractivity contribution in [2.45, 2.75) is 32.2 Å². The van der Waals surface area contributed by atoms with E-state index >= 15 is 0 Å². The quantitative estimate of drug-likeness (QED) is 0.804. The number of hydrogen-bond donors (Lipinski definition) is 2. The third-order valence-electron chi connectivity index (χ3n) is 4.95. The minimum atomic E-state index is 0.0476. The fourth-order valence-electron chi connectivity index (χ4n) is 3.43. The second-order valence-corrected chi connectivity index (χ2v) is 7.30. The van der Waals surface area contributed by atoms with Crippen molar-refractivity contribution in [1.82, 2.24) is 5.32 Å². The van der Waals surface area contributed by atoms with Crippen LogP contribution < -0.4 is 11.1 Å². The Morgan fingerprint density at radius 2 is 2.00 bits per heavy atom. The Kier molecular flexibility index (Phi) is 5.62. The minimum absolute atomic E-state index is 0.0476. The molecule has 26 heavy (non-hydrogen) atoms. The van der Waals surface area contributed by atoms with Crippen LogP contribution in [0.3, 0.4) is 0 Å². The van der Waals surface area contributed by atoms with Crippen LogP contribution in [-0.2, 0) is 11.2 Å². The molecule has 0 spiro atoms. The highest BCUT2D eigenvalue weighted by Crippen LogP contribution is 2.29. The number of halogens is 1. The molecule has 0 saturated heterocycles. The number of carbonyl (C=O) groups is 1. The largest absolute Gasteiger partial charge is 0.399 e. The maximum absolute atomic E-state index is 11.7. The highest BCUT2D eigenvalue weighted by Gasteiger charge is 2.25. The van der Waals surface area contributed by atoms with Gasteiger partial charge in [-0.15, -0.1) is 0 Å². The summed E-state index contributed by atoms with van der Waals surface area (Å²) in [5.74, 6) is 0.387. The van der Waals surface area contributed by atoms with Crippen LogP contribution in [0.1, 0.15) is 36.5 Å². The van der Waals surface area contributed by atoms with Crippen molar-refractivity contribution in [3.63, 3.8) is 0 Å². The number of nitrogens with two attached hydrogens (primary N) is 1. The van der Waals surface area contributed by atoms with Crippen molar-refractivity contribution < 1.29 is 4.79 Å². The lowest BCUT2D eigenvalue weighted by Crippen LogP contribution is -2.23. The van der Waals surface area contributed by atoms with Crippen LogP contribution in [0, 0.1) is 5.92 Å². The van der Waals surface area contributed by atoms with Crippen LogP contribution in [0.5, 0.6) is 0 Å². The molecule has 136 valence electrons. The molecule has 0 bridgehead atoms. The molecule has 2 unspecified atom stereocenters. The molecule has 0 aliphatic carbocycles. The molecular formula is C21H24ClN3O. The normalized spacial score (nSPS) is 19.3. The lowest BCUT2D eigenvalue weighted by molar-refractivity contribution is -0.120. The Labute approximate surface area is 159 Å². The molecule has 3 rings (SSSR count). The zero-order valence-electron chi connectivity index (χ0n) is 15.1. The van der Waals surface area contributed by atoms with Crippen molar-refractivity contribution in [2.24, 2.45) is 10.9 Å². The fraction of sp³-hybridized carbons (Fsp3) is 0.333. The molecule has 0 saturated carbocycles. The van der Waals surface area contributed by atoms with Gasteiger partial charge in [0.15, 0.2) is 0 Å². The van der Waals surface area contributed by atoms with E-state index in [4.69, 9.17) is 22.3 Å². The van der Waals surface area contributed by atoms with Crippen molar-refractivity contribution in [3.8, 4) is 0 Å². The van der Waals surface area contributed by atoms with Gasteiger partial charge < -0.3 is 11.1 Å². The van der Waals surface area contributed by atoms with Crippen LogP contribution in [-0.4, -0.2) is 24.7 Å². The van der Waals surface area contributed by atoms with Gasteiger partial charge >= 0.3 is 0 Å². The molecule has 2 aromatic carbocycles. The summed E-state index contributed by atoms with van der Waals surface area (Å²) in [6.07, 6.45) is 2.11. The first kappa shape index (κ1) is 18.5. The van der Waals surface area contributed by atoms with E-state index in [1.807, 2.05) is 36.4 Å². The SMILES string of the molecule is CNC(=O)CCC1N=C(c2ccc(Cl)cc2)c2cc(N)ccc2CC1C. The summed E-state index contributed by atoms with van der Waals surface area (Å²) in [6, 6.07) is 13.8. The topological polar surface area (TPSA) is 67.5 Å². The van der Waals surface area contributed by atoms with E-state index in [0.717, 1.165) is 35.4 Å². The van der Waals surface area contributed by atoms with Crippen LogP contribution >= 0.6 is 11.6 Å². The van der Waals surface area contributed by atoms with Crippen LogP contribution in [0.4, 0.5) is 5.69 Å². The van der Waals surface area contributed by atoms with Gasteiger partial charge in [0.2, 0.25) is 5.91 Å². The van der Waals surface area contributed by atoms with E-state index in [1.54, 1.807) is 7.05 Å². The Hall–Kier alpha value is -2.33. The maximum atomic E-state index is 11.7. The van der Waals surface area contributed by atoms with E-state index in [0.29, 0.717) is 17.4 Å². The molecule has 1 aliphatic heterocycles. The maximum Gasteiger partial charge on any atom is 0.219 e. The lowest BCUT2D eigenvalue weighted by atomic mass is 9.90. The molecule has 0 radical (unpaired) electrons. The van der Waals surface area contributed by atoms with E-state index in [2.05, 4.69) is 18.3 Å². The van der Waals surface area contributed by atoms with Gasteiger partial charge in [0.1, 0.15) is 0 Å². The molecular weight excluding hydrogens is 346 g/mol. The summed E-state index contributed by atoms with van der Waals surface area (Å²) in [5.41, 5.74) is 11.0. The van der Waals surface area contributed by atoms with Gasteiger partial charge in [-0.3, -0.25) is 9.79 Å². The smallest absolute Gasteiger partial charge is 0.219 e. The highest BCUT2D eigenvalue weighted by molar-refractivity contribution is 6.30. The summed E-state index contributed by atoms with van der Waals surface area (Å²) in [5, 5.41) is 3.38. The Morgan fingerprint density at radius 1 is 1.27 bits per heavy atom. The number of rotatable bonds is 4. The lowest BCUT2D eigenvalue weighted by Gasteiger charge is -2.18. The van der Waals surface area contributed by atoms with Crippen LogP contribution in [0.25, 0.3) is 0 Å². The molecule has 2 atom stereocenters. The van der Waals surface area contributed by atoms with Gasteiger partial charge in [-0.1, -0.05) is 36.7 Å². The highest BCUT2D eigenvalue weighted by atomic mass is 35.5. The number of fused-ring (bicyclic) bond motifs is 1. The molecule has 0 aromatic heterocycles. The first-order chi connectivity index (χ1) is 12.5. The summed E-state index contributed by atoms with van der Waals surface area (Å²) in [6.45, 7) is 2.20. The molecule has 0 fully saturated rings. The number of hydrogen-bond acceptors (Lipinski definition) is 3. The van der Waals surface area contributed by atoms with E-state index in [1.165, 1.54) is 5.56 Å². The molecule has 1 aliphatic rings. The van der Waals surface area contributed by atoms with Gasteiger partial charge in [0.05, 0.1) is 11.8 Å². The number of nitrogens with one attached hydrogen (secondary N) is 1. The van der Waals surface area contributed by atoms with E-state index in [9.17, 15) is 4.79 Å². The van der Waals surface area contributed by atoms with E-state index < -0.39 is 0 Å². The van der Waals surface area contributed by atoms with Crippen molar-refractivity contribution in [3.05, 3.63) is 64.2 Å². The third kappa shape index (κ3) is 4.07. The summed E-state index contributed by atoms with van der Waals surface area (Å²) < 4.78 is 0. The monoisotopic (exact) mass is 369 g/mol. The minimum Gasteiger partial charge on any atom is -0.399 e. The second kappa shape index (κ2) is 7.92. The predicted octanol–water partition coefficient (Wildman–Crippen LogP) is 3.85. The fourth-order valence-corrected chi connectivity index (χ4v) is 3.55. The second-order valence-electron chi connectivity index (χ2n) is 6.86. The molecule has 4 nitrogen and oxygen atoms in total. The summed E-state index contributed by atoms with van der Waals surface area (Å²) in [4.78, 5) is 16.8. The summed E-state index contributed by atoms with van der Waals surface area (Å²) in [7, 11) is 1.67. The Morgan fingerprint density at radius 3 is 2.69 bits per heavy atom. The number of benzene rings is 2. The van der Waals surface area contributed by atoms with Gasteiger partial charge in [-0.25, -0.2) is 0 Å². The van der Waals surface area contributed by atoms with Crippen molar-refractivity contribution >= 4 is 28.9 Å². The first-order valence-corrected chi connectivity index (χ1v) is 9.29. The molecule has 1 heterocycles. The van der Waals surface area contributed by atoms with Crippen molar-refractivity contribution in [2.75, 3.05) is 12.8 Å². The zero-order valence-corrected chi connectivity index (χ0v) is 15.9. The average molecular weight is 370 g/mol. The van der Waals surface area contributed by atoms with Gasteiger partial charge in [0.25, 0.3) is 0 Å². The van der Waals surface area contributed by atoms with Gasteiger partial charge in [0, 0.05) is 35.3 Å². The van der Waals surface area contributed by atoms with Gasteiger partial charge in [-0.05, 0) is 48.6 Å². The number of nitrogens with zero attached hydrogens (tertiary/aromatic N) is 1. The first-order valence-electron chi connectivity index (χ1n) is 8.91. The van der Waals surface area contributed by atoms with Crippen molar-refractivity contribution in [1.29, 1.82) is 0 Å². The third-order valence-corrected chi connectivity index (χ3v) is 5.20. The standard InChI is InChI=1S/C21H24ClN3O/c1-13-11-15-5-8-17(23)12-18(15)21(14-3-6-16(22)7-4-14)25-19(13)9-10-20(26)24-2/h3-8,12-13,19H,9-11,23H2,1-2H3,(H,24,26). The number of aliphatic imine (C=N–C) groups is 1. The molecule has 1 amide bonds. The van der Waals surface area contributed by atoms with E-state index in [-0.39, 0.29) is 11.9 Å². The zero-order chi connectivity index (χ0) is 18.7. The number of nitrogen functional groups attached to an aromatic ring is 1. The van der Waals surface area contributed by atoms with Gasteiger partial charge in [-0.2, -0.15) is 0 Å². The summed E-state index contributed by atoms with van der Waals surface area (Å²) >= 11 is 6.06. The van der Waals surface area contributed by atoms with Crippen LogP contribution in [0.2, 0.25) is 5.02 Å². The Balaban J connectivity index is 2.05. The van der Waals surface area contributed by atoms with Crippen LogP contribution in [0.15, 0.2) is 47.5 Å². The molecule has 3 N–H and O–H groups in total. The Bertz CT molecular complexity index is 830. The molecule has 5 heteroatoms. The number of carbonyl (C=O) groups excluding carboxylic acids is 1. The average Bonchev–Trinajstić information content (AvgIpc) is 2.77.